The van der Waals surface area contributed by atoms with Gasteiger partial charge in [0.25, 0.3) is 0 Å². The van der Waals surface area contributed by atoms with Crippen LogP contribution in [0.15, 0.2) is 36.4 Å². The molecule has 1 heterocycles. The highest BCUT2D eigenvalue weighted by molar-refractivity contribution is 14.1. The van der Waals surface area contributed by atoms with Gasteiger partial charge in [-0.2, -0.15) is 0 Å². The molecule has 26 heavy (non-hydrogen) atoms. The molecule has 1 aliphatic heterocycles. The molecule has 7 atom stereocenters. The molecule has 1 aromatic carbocycles. The average Bonchev–Trinajstić information content (AvgIpc) is 3.41. The molecule has 6 heteroatoms. The van der Waals surface area contributed by atoms with Crippen molar-refractivity contribution in [3.8, 4) is 0 Å². The minimum atomic E-state index is -0.796. The smallest absolute Gasteiger partial charge is 0.247 e. The largest absolute Gasteiger partial charge is 0.324 e. The summed E-state index contributed by atoms with van der Waals surface area (Å²) in [5.41, 5.74) is 0.668. The average molecular weight is 462 g/mol. The lowest BCUT2D eigenvalue weighted by Gasteiger charge is -2.37. The van der Waals surface area contributed by atoms with Gasteiger partial charge in [-0.3, -0.25) is 19.3 Å². The molecule has 0 spiro atoms. The summed E-state index contributed by atoms with van der Waals surface area (Å²) < 4.78 is 1.07. The third-order valence-electron chi connectivity index (χ3n) is 6.58. The standard InChI is InChI=1S/C20H19IN2O3/c1-9(18(24)22-11-4-2-10(21)3-5-11)23-19(25)16-12-6-7-13(15-8-14(12)15)17(16)20(23)26/h2-7,9,12-17H,8H2,1H3,(H,22,24)/t9-,12+,13+,14+,15+,16-,17+/m1/s1. The minimum Gasteiger partial charge on any atom is -0.324 e. The zero-order valence-electron chi connectivity index (χ0n) is 14.3. The first kappa shape index (κ1) is 16.5. The second kappa shape index (κ2) is 5.65. The van der Waals surface area contributed by atoms with Crippen LogP contribution in [0.2, 0.25) is 0 Å². The van der Waals surface area contributed by atoms with E-state index in [1.54, 1.807) is 6.92 Å². The molecule has 0 radical (unpaired) electrons. The topological polar surface area (TPSA) is 66.5 Å². The number of likely N-dealkylation sites (tertiary alicyclic amines) is 1. The van der Waals surface area contributed by atoms with Gasteiger partial charge in [0.15, 0.2) is 0 Å². The first-order valence-electron chi connectivity index (χ1n) is 9.09. The van der Waals surface area contributed by atoms with Crippen LogP contribution < -0.4 is 5.32 Å². The van der Waals surface area contributed by atoms with Gasteiger partial charge in [0, 0.05) is 9.26 Å². The maximum Gasteiger partial charge on any atom is 0.247 e. The van der Waals surface area contributed by atoms with E-state index in [9.17, 15) is 14.4 Å². The van der Waals surface area contributed by atoms with Crippen LogP contribution in [0.5, 0.6) is 0 Å². The second-order valence-electron chi connectivity index (χ2n) is 7.87. The van der Waals surface area contributed by atoms with E-state index in [0.717, 1.165) is 9.99 Å². The summed E-state index contributed by atoms with van der Waals surface area (Å²) in [4.78, 5) is 40.0. The van der Waals surface area contributed by atoms with Gasteiger partial charge in [-0.05, 0) is 83.9 Å². The van der Waals surface area contributed by atoms with E-state index in [0.29, 0.717) is 17.5 Å². The van der Waals surface area contributed by atoms with E-state index in [1.165, 1.54) is 4.90 Å². The molecule has 3 amide bonds. The third kappa shape index (κ3) is 2.23. The van der Waals surface area contributed by atoms with Crippen molar-refractivity contribution < 1.29 is 14.4 Å². The highest BCUT2D eigenvalue weighted by atomic mass is 127. The summed E-state index contributed by atoms with van der Waals surface area (Å²) in [5.74, 6) is 0.357. The predicted molar refractivity (Wildman–Crippen MR) is 104 cm³/mol. The number of rotatable bonds is 3. The van der Waals surface area contributed by atoms with Gasteiger partial charge in [-0.1, -0.05) is 12.2 Å². The van der Waals surface area contributed by atoms with E-state index in [4.69, 9.17) is 0 Å². The number of hydrogen-bond acceptors (Lipinski definition) is 3. The summed E-state index contributed by atoms with van der Waals surface area (Å²) in [6.07, 6.45) is 5.43. The lowest BCUT2D eigenvalue weighted by atomic mass is 9.63. The van der Waals surface area contributed by atoms with Gasteiger partial charge in [-0.25, -0.2) is 0 Å². The fourth-order valence-corrected chi connectivity index (χ4v) is 5.62. The summed E-state index contributed by atoms with van der Waals surface area (Å²) in [5, 5.41) is 2.82. The lowest BCUT2D eigenvalue weighted by Crippen LogP contribution is -2.46. The van der Waals surface area contributed by atoms with Gasteiger partial charge < -0.3 is 5.32 Å². The number of anilines is 1. The number of halogens is 1. The monoisotopic (exact) mass is 462 g/mol. The SMILES string of the molecule is C[C@H](C(=O)Nc1ccc(I)cc1)N1C(=O)[C@@H]2[C@H]3C=C[C@@H]([C@@H]4C[C@@H]34)[C@@H]2C1=O. The van der Waals surface area contributed by atoms with Gasteiger partial charge in [0.05, 0.1) is 11.8 Å². The lowest BCUT2D eigenvalue weighted by molar-refractivity contribution is -0.146. The van der Waals surface area contributed by atoms with Crippen molar-refractivity contribution in [2.24, 2.45) is 35.5 Å². The molecular weight excluding hydrogens is 443 g/mol. The molecule has 0 aromatic heterocycles. The Morgan fingerprint density at radius 3 is 2.15 bits per heavy atom. The summed E-state index contributed by atoms with van der Waals surface area (Å²) in [6.45, 7) is 1.64. The molecule has 3 fully saturated rings. The molecule has 1 saturated heterocycles. The molecule has 134 valence electrons. The zero-order chi connectivity index (χ0) is 18.2. The van der Waals surface area contributed by atoms with Gasteiger partial charge in [0.1, 0.15) is 6.04 Å². The fourth-order valence-electron chi connectivity index (χ4n) is 5.26. The molecule has 5 aliphatic rings. The van der Waals surface area contributed by atoms with Crippen molar-refractivity contribution in [3.05, 3.63) is 40.0 Å². The van der Waals surface area contributed by atoms with E-state index in [1.807, 2.05) is 24.3 Å². The van der Waals surface area contributed by atoms with Gasteiger partial charge in [0.2, 0.25) is 17.7 Å². The number of amides is 3. The number of nitrogens with one attached hydrogen (secondary N) is 1. The third-order valence-corrected chi connectivity index (χ3v) is 7.29. The number of carbonyl (C=O) groups excluding carboxylic acids is 3. The molecule has 0 unspecified atom stereocenters. The number of imide groups is 1. The molecule has 4 aliphatic carbocycles. The van der Waals surface area contributed by atoms with Crippen LogP contribution in [-0.2, 0) is 14.4 Å². The zero-order valence-corrected chi connectivity index (χ0v) is 16.4. The Morgan fingerprint density at radius 1 is 1.08 bits per heavy atom. The van der Waals surface area contributed by atoms with Crippen LogP contribution in [0.1, 0.15) is 13.3 Å². The number of allylic oxidation sites excluding steroid dienone is 2. The van der Waals surface area contributed by atoms with E-state index >= 15 is 0 Å². The first-order valence-corrected chi connectivity index (χ1v) is 10.2. The van der Waals surface area contributed by atoms with Crippen molar-refractivity contribution in [1.82, 2.24) is 4.90 Å². The summed E-state index contributed by atoms with van der Waals surface area (Å²) in [7, 11) is 0. The molecule has 5 nitrogen and oxygen atoms in total. The summed E-state index contributed by atoms with van der Waals surface area (Å²) in [6, 6.07) is 6.64. The van der Waals surface area contributed by atoms with Gasteiger partial charge >= 0.3 is 0 Å². The van der Waals surface area contributed by atoms with Crippen LogP contribution >= 0.6 is 22.6 Å². The molecule has 2 saturated carbocycles. The summed E-state index contributed by atoms with van der Waals surface area (Å²) >= 11 is 2.20. The van der Waals surface area contributed by atoms with Crippen LogP contribution in [0.25, 0.3) is 0 Å². The Balaban J connectivity index is 1.37. The van der Waals surface area contributed by atoms with E-state index in [-0.39, 0.29) is 41.4 Å². The Labute approximate surface area is 165 Å². The van der Waals surface area contributed by atoms with E-state index < -0.39 is 6.04 Å². The molecule has 2 bridgehead atoms. The van der Waals surface area contributed by atoms with Crippen LogP contribution in [0, 0.1) is 39.1 Å². The number of carbonyl (C=O) groups is 3. The maximum atomic E-state index is 13.0. The van der Waals surface area contributed by atoms with Gasteiger partial charge in [-0.15, -0.1) is 0 Å². The Bertz CT molecular complexity index is 813. The van der Waals surface area contributed by atoms with Crippen molar-refractivity contribution in [1.29, 1.82) is 0 Å². The number of hydrogen-bond donors (Lipinski definition) is 1. The minimum absolute atomic E-state index is 0.157. The Morgan fingerprint density at radius 2 is 1.62 bits per heavy atom. The molecule has 1 aromatic rings. The number of nitrogens with zero attached hydrogens (tertiary/aromatic N) is 1. The van der Waals surface area contributed by atoms with E-state index in [2.05, 4.69) is 40.1 Å². The van der Waals surface area contributed by atoms with Crippen LogP contribution in [-0.4, -0.2) is 28.7 Å². The molecule has 6 rings (SSSR count). The van der Waals surface area contributed by atoms with Crippen LogP contribution in [0.3, 0.4) is 0 Å². The fraction of sp³-hybridized carbons (Fsp3) is 0.450. The predicted octanol–water partition coefficient (Wildman–Crippen LogP) is 2.67. The maximum absolute atomic E-state index is 13.0. The van der Waals surface area contributed by atoms with Crippen molar-refractivity contribution in [2.45, 2.75) is 19.4 Å². The van der Waals surface area contributed by atoms with Crippen molar-refractivity contribution in [3.63, 3.8) is 0 Å². The Kier molecular flexibility index (Phi) is 3.58. The molecular formula is C20H19IN2O3. The highest BCUT2D eigenvalue weighted by Gasteiger charge is 2.67. The second-order valence-corrected chi connectivity index (χ2v) is 9.12. The quantitative estimate of drug-likeness (QED) is 0.427. The molecule has 1 N–H and O–H groups in total. The Hall–Kier alpha value is -1.70. The van der Waals surface area contributed by atoms with Crippen LogP contribution in [0.4, 0.5) is 5.69 Å². The van der Waals surface area contributed by atoms with Crippen molar-refractivity contribution >= 4 is 46.0 Å². The number of benzene rings is 1. The van der Waals surface area contributed by atoms with Crippen molar-refractivity contribution in [2.75, 3.05) is 5.32 Å². The first-order chi connectivity index (χ1) is 12.5. The normalized spacial score (nSPS) is 37.4. The highest BCUT2D eigenvalue weighted by Crippen LogP contribution is 2.65.